The van der Waals surface area contributed by atoms with E-state index in [2.05, 4.69) is 26.6 Å². The van der Waals surface area contributed by atoms with E-state index in [9.17, 15) is 13.6 Å². The fourth-order valence-corrected chi connectivity index (χ4v) is 2.29. The number of halogens is 3. The van der Waals surface area contributed by atoms with Crippen molar-refractivity contribution in [1.82, 2.24) is 0 Å². The lowest BCUT2D eigenvalue weighted by Crippen LogP contribution is -2.25. The minimum Gasteiger partial charge on any atom is -0.433 e. The Morgan fingerprint density at radius 2 is 2.26 bits per heavy atom. The summed E-state index contributed by atoms with van der Waals surface area (Å²) in [6.45, 7) is -2.63. The molecule has 1 heterocycles. The van der Waals surface area contributed by atoms with Crippen molar-refractivity contribution < 1.29 is 18.3 Å². The van der Waals surface area contributed by atoms with E-state index in [0.29, 0.717) is 16.7 Å². The third-order valence-electron chi connectivity index (χ3n) is 2.79. The fourth-order valence-electron chi connectivity index (χ4n) is 1.95. The normalized spacial score (nSPS) is 18.8. The van der Waals surface area contributed by atoms with Crippen LogP contribution in [0.2, 0.25) is 0 Å². The molecule has 1 amide bonds. The molecule has 0 aromatic heterocycles. The third kappa shape index (κ3) is 3.04. The molecule has 6 heteroatoms. The molecule has 100 valence electrons. The topological polar surface area (TPSA) is 29.5 Å². The van der Waals surface area contributed by atoms with Crippen molar-refractivity contribution in [3.63, 3.8) is 0 Å². The van der Waals surface area contributed by atoms with Crippen molar-refractivity contribution in [3.05, 3.63) is 22.7 Å². The molecule has 0 bridgehead atoms. The van der Waals surface area contributed by atoms with Crippen molar-refractivity contribution in [2.75, 3.05) is 11.4 Å². The van der Waals surface area contributed by atoms with Gasteiger partial charge in [0.1, 0.15) is 0 Å². The van der Waals surface area contributed by atoms with Crippen LogP contribution in [-0.2, 0) is 4.79 Å². The van der Waals surface area contributed by atoms with E-state index in [1.165, 1.54) is 11.0 Å². The van der Waals surface area contributed by atoms with Crippen LogP contribution >= 0.6 is 15.9 Å². The van der Waals surface area contributed by atoms with Gasteiger partial charge in [0.2, 0.25) is 5.91 Å². The van der Waals surface area contributed by atoms with E-state index in [4.69, 9.17) is 6.42 Å². The highest BCUT2D eigenvalue weighted by atomic mass is 79.9. The number of alkyl halides is 2. The van der Waals surface area contributed by atoms with Gasteiger partial charge < -0.3 is 9.64 Å². The molecule has 19 heavy (non-hydrogen) atoms. The van der Waals surface area contributed by atoms with Gasteiger partial charge in [-0.2, -0.15) is 8.78 Å². The quantitative estimate of drug-likeness (QED) is 0.798. The van der Waals surface area contributed by atoms with Gasteiger partial charge in [0.15, 0.2) is 5.75 Å². The average Bonchev–Trinajstić information content (AvgIpc) is 2.70. The number of anilines is 1. The van der Waals surface area contributed by atoms with E-state index in [-0.39, 0.29) is 24.0 Å². The molecule has 1 saturated heterocycles. The first-order chi connectivity index (χ1) is 9.01. The van der Waals surface area contributed by atoms with Crippen LogP contribution in [0.3, 0.4) is 0 Å². The van der Waals surface area contributed by atoms with Gasteiger partial charge in [0.25, 0.3) is 0 Å². The molecule has 1 fully saturated rings. The summed E-state index contributed by atoms with van der Waals surface area (Å²) in [5.41, 5.74) is 0.311. The maximum absolute atomic E-state index is 12.4. The molecule has 1 atom stereocenters. The van der Waals surface area contributed by atoms with Gasteiger partial charge in [-0.05, 0) is 18.2 Å². The number of ether oxygens (including phenoxy) is 1. The molecule has 1 aromatic rings. The highest BCUT2D eigenvalue weighted by Crippen LogP contribution is 2.35. The highest BCUT2D eigenvalue weighted by Gasteiger charge is 2.31. The van der Waals surface area contributed by atoms with Gasteiger partial charge in [0.05, 0.1) is 5.69 Å². The second kappa shape index (κ2) is 5.57. The number of benzene rings is 1. The predicted molar refractivity (Wildman–Crippen MR) is 70.1 cm³/mol. The Labute approximate surface area is 117 Å². The Morgan fingerprint density at radius 3 is 2.84 bits per heavy atom. The van der Waals surface area contributed by atoms with Crippen molar-refractivity contribution in [2.24, 2.45) is 5.92 Å². The number of terminal acetylenes is 1. The largest absolute Gasteiger partial charge is 0.433 e. The maximum atomic E-state index is 12.4. The first-order valence-electron chi connectivity index (χ1n) is 5.52. The summed E-state index contributed by atoms with van der Waals surface area (Å²) in [7, 11) is 0. The Bertz CT molecular complexity index is 542. The second-order valence-corrected chi connectivity index (χ2v) is 4.98. The number of nitrogens with zero attached hydrogens (tertiary/aromatic N) is 1. The average molecular weight is 330 g/mol. The van der Waals surface area contributed by atoms with Crippen LogP contribution in [0.25, 0.3) is 0 Å². The van der Waals surface area contributed by atoms with Gasteiger partial charge in [-0.25, -0.2) is 0 Å². The molecule has 2 rings (SSSR count). The molecule has 0 aliphatic carbocycles. The first kappa shape index (κ1) is 13.8. The Morgan fingerprint density at radius 1 is 1.53 bits per heavy atom. The van der Waals surface area contributed by atoms with E-state index >= 15 is 0 Å². The number of amides is 1. The zero-order valence-corrected chi connectivity index (χ0v) is 11.4. The molecule has 1 unspecified atom stereocenters. The monoisotopic (exact) mass is 329 g/mol. The SMILES string of the molecule is C#CC1CC(=O)N(c2ccc(Br)cc2OC(F)F)C1. The summed E-state index contributed by atoms with van der Waals surface area (Å²) < 4.78 is 29.8. The van der Waals surface area contributed by atoms with Crippen LogP contribution in [0.4, 0.5) is 14.5 Å². The lowest BCUT2D eigenvalue weighted by Gasteiger charge is -2.20. The third-order valence-corrected chi connectivity index (χ3v) is 3.28. The van der Waals surface area contributed by atoms with Gasteiger partial charge in [-0.3, -0.25) is 4.79 Å². The minimum absolute atomic E-state index is 0.0459. The molecule has 0 saturated carbocycles. The van der Waals surface area contributed by atoms with Crippen LogP contribution < -0.4 is 9.64 Å². The molecular formula is C13H10BrF2NO2. The fraction of sp³-hybridized carbons (Fsp3) is 0.308. The lowest BCUT2D eigenvalue weighted by molar-refractivity contribution is -0.117. The van der Waals surface area contributed by atoms with Crippen molar-refractivity contribution in [1.29, 1.82) is 0 Å². The highest BCUT2D eigenvalue weighted by molar-refractivity contribution is 9.10. The molecular weight excluding hydrogens is 320 g/mol. The Hall–Kier alpha value is -1.61. The van der Waals surface area contributed by atoms with Crippen molar-refractivity contribution in [3.8, 4) is 18.1 Å². The number of hydrogen-bond donors (Lipinski definition) is 0. The van der Waals surface area contributed by atoms with Gasteiger partial charge in [-0.15, -0.1) is 12.3 Å². The molecule has 3 nitrogen and oxygen atoms in total. The molecule has 1 aromatic carbocycles. The van der Waals surface area contributed by atoms with E-state index in [1.54, 1.807) is 12.1 Å². The van der Waals surface area contributed by atoms with Crippen LogP contribution in [-0.4, -0.2) is 19.1 Å². The molecule has 0 N–H and O–H groups in total. The van der Waals surface area contributed by atoms with Crippen molar-refractivity contribution in [2.45, 2.75) is 13.0 Å². The summed E-state index contributed by atoms with van der Waals surface area (Å²) in [6.07, 6.45) is 5.51. The predicted octanol–water partition coefficient (Wildman–Crippen LogP) is 3.04. The Kier molecular flexibility index (Phi) is 4.05. The zero-order chi connectivity index (χ0) is 14.0. The second-order valence-electron chi connectivity index (χ2n) is 4.06. The van der Waals surface area contributed by atoms with E-state index in [0.717, 1.165) is 0 Å². The number of carbonyl (C=O) groups is 1. The lowest BCUT2D eigenvalue weighted by atomic mass is 10.1. The standard InChI is InChI=1S/C13H10BrF2NO2/c1-2-8-5-12(18)17(7-8)10-4-3-9(14)6-11(10)19-13(15)16/h1,3-4,6,8,13H,5,7H2. The molecule has 1 aliphatic rings. The molecule has 0 radical (unpaired) electrons. The summed E-state index contributed by atoms with van der Waals surface area (Å²) in [6, 6.07) is 4.61. The number of carbonyl (C=O) groups excluding carboxylic acids is 1. The summed E-state index contributed by atoms with van der Waals surface area (Å²) in [5, 5.41) is 0. The molecule has 1 aliphatic heterocycles. The summed E-state index contributed by atoms with van der Waals surface area (Å²) >= 11 is 3.17. The van der Waals surface area contributed by atoms with Crippen LogP contribution in [0.5, 0.6) is 5.75 Å². The smallest absolute Gasteiger partial charge is 0.387 e. The van der Waals surface area contributed by atoms with Gasteiger partial charge in [0, 0.05) is 23.4 Å². The number of hydrogen-bond acceptors (Lipinski definition) is 2. The van der Waals surface area contributed by atoms with Gasteiger partial charge >= 0.3 is 6.61 Å². The molecule has 0 spiro atoms. The maximum Gasteiger partial charge on any atom is 0.387 e. The van der Waals surface area contributed by atoms with Crippen LogP contribution in [0.15, 0.2) is 22.7 Å². The van der Waals surface area contributed by atoms with E-state index < -0.39 is 6.61 Å². The zero-order valence-electron chi connectivity index (χ0n) is 9.78. The van der Waals surface area contributed by atoms with Gasteiger partial charge in [-0.1, -0.05) is 15.9 Å². The van der Waals surface area contributed by atoms with Crippen LogP contribution in [0, 0.1) is 18.3 Å². The number of rotatable bonds is 3. The first-order valence-corrected chi connectivity index (χ1v) is 6.31. The summed E-state index contributed by atoms with van der Waals surface area (Å²) in [5.74, 6) is 2.07. The van der Waals surface area contributed by atoms with E-state index in [1.807, 2.05) is 0 Å². The summed E-state index contributed by atoms with van der Waals surface area (Å²) in [4.78, 5) is 13.2. The minimum atomic E-state index is -2.95. The van der Waals surface area contributed by atoms with Crippen molar-refractivity contribution >= 4 is 27.5 Å². The van der Waals surface area contributed by atoms with Crippen LogP contribution in [0.1, 0.15) is 6.42 Å². The Balaban J connectivity index is 2.34.